The van der Waals surface area contributed by atoms with Gasteiger partial charge in [0.2, 0.25) is 0 Å². The Morgan fingerprint density at radius 3 is 2.22 bits per heavy atom. The molecule has 0 unspecified atom stereocenters. The van der Waals surface area contributed by atoms with Crippen LogP contribution in [0, 0.1) is 0 Å². The number of aromatic nitrogens is 1. The van der Waals surface area contributed by atoms with Crippen LogP contribution < -0.4 is 14.2 Å². The van der Waals surface area contributed by atoms with E-state index >= 15 is 0 Å². The Bertz CT molecular complexity index is 1310. The summed E-state index contributed by atoms with van der Waals surface area (Å²) in [6.45, 7) is 1.49. The first kappa shape index (κ1) is 21.1. The molecule has 0 aliphatic heterocycles. The van der Waals surface area contributed by atoms with E-state index in [0.29, 0.717) is 45.0 Å². The number of methoxy groups -OCH3 is 2. The quantitative estimate of drug-likeness (QED) is 0.235. The van der Waals surface area contributed by atoms with Crippen LogP contribution in [-0.4, -0.2) is 31.0 Å². The number of hydrogen-bond acceptors (Lipinski definition) is 6. The molecular weight excluding hydrogens is 406 g/mol. The third kappa shape index (κ3) is 4.16. The van der Waals surface area contributed by atoms with E-state index in [1.807, 2.05) is 36.4 Å². The van der Waals surface area contributed by atoms with E-state index in [2.05, 4.69) is 0 Å². The van der Waals surface area contributed by atoms with Crippen LogP contribution in [0.1, 0.15) is 27.6 Å². The molecule has 4 rings (SSSR count). The average Bonchev–Trinajstić information content (AvgIpc) is 2.83. The summed E-state index contributed by atoms with van der Waals surface area (Å²) in [6.07, 6.45) is 0. The van der Waals surface area contributed by atoms with Crippen molar-refractivity contribution in [3.63, 3.8) is 0 Å². The van der Waals surface area contributed by atoms with E-state index in [4.69, 9.17) is 19.2 Å². The van der Waals surface area contributed by atoms with Gasteiger partial charge in [-0.05, 0) is 61.5 Å². The minimum atomic E-state index is -0.513. The second-order valence-corrected chi connectivity index (χ2v) is 7.11. The van der Waals surface area contributed by atoms with E-state index in [0.717, 1.165) is 5.56 Å². The summed E-state index contributed by atoms with van der Waals surface area (Å²) in [5.74, 6) is 0.956. The van der Waals surface area contributed by atoms with Crippen molar-refractivity contribution in [2.75, 3.05) is 14.2 Å². The lowest BCUT2D eigenvalue weighted by atomic mass is 10.0. The molecule has 0 bridgehead atoms. The van der Waals surface area contributed by atoms with Crippen LogP contribution in [0.25, 0.3) is 22.2 Å². The number of Topliss-reactive ketones (excluding diaryl/α,β-unsaturated/α-hetero) is 1. The Hall–Kier alpha value is -4.19. The molecule has 0 radical (unpaired) electrons. The molecule has 32 heavy (non-hydrogen) atoms. The molecule has 0 spiro atoms. The van der Waals surface area contributed by atoms with Crippen molar-refractivity contribution in [1.82, 2.24) is 4.98 Å². The molecule has 0 saturated carbocycles. The smallest absolute Gasteiger partial charge is 0.344 e. The molecule has 0 atom stereocenters. The van der Waals surface area contributed by atoms with Gasteiger partial charge in [-0.25, -0.2) is 9.78 Å². The molecule has 160 valence electrons. The molecule has 4 aromatic rings. The van der Waals surface area contributed by atoms with Gasteiger partial charge in [-0.3, -0.25) is 4.79 Å². The highest BCUT2D eigenvalue weighted by molar-refractivity contribution is 6.05. The van der Waals surface area contributed by atoms with Gasteiger partial charge in [-0.2, -0.15) is 0 Å². The van der Waals surface area contributed by atoms with Crippen LogP contribution in [0.2, 0.25) is 0 Å². The fraction of sp³-hybridized carbons (Fsp3) is 0.115. The SMILES string of the molecule is COc1ccc(-c2cc(C(=O)Oc3ccc(C(C)=O)cc3)c3ccccc3n2)cc1OC. The van der Waals surface area contributed by atoms with E-state index in [1.165, 1.54) is 6.92 Å². The molecule has 1 aromatic heterocycles. The Labute approximate surface area is 185 Å². The van der Waals surface area contributed by atoms with Crippen molar-refractivity contribution in [1.29, 1.82) is 0 Å². The summed E-state index contributed by atoms with van der Waals surface area (Å²) in [5, 5.41) is 0.682. The van der Waals surface area contributed by atoms with Crippen molar-refractivity contribution < 1.29 is 23.8 Å². The van der Waals surface area contributed by atoms with Gasteiger partial charge in [0.1, 0.15) is 5.75 Å². The van der Waals surface area contributed by atoms with E-state index < -0.39 is 5.97 Å². The highest BCUT2D eigenvalue weighted by Gasteiger charge is 2.17. The Kier molecular flexibility index (Phi) is 5.85. The predicted molar refractivity (Wildman–Crippen MR) is 122 cm³/mol. The van der Waals surface area contributed by atoms with Crippen LogP contribution in [0.15, 0.2) is 72.8 Å². The zero-order chi connectivity index (χ0) is 22.7. The van der Waals surface area contributed by atoms with Gasteiger partial charge < -0.3 is 14.2 Å². The second-order valence-electron chi connectivity index (χ2n) is 7.11. The first-order valence-electron chi connectivity index (χ1n) is 9.95. The zero-order valence-electron chi connectivity index (χ0n) is 17.9. The summed E-state index contributed by atoms with van der Waals surface area (Å²) in [6, 6.07) is 21.0. The number of fused-ring (bicyclic) bond motifs is 1. The van der Waals surface area contributed by atoms with Crippen LogP contribution in [0.5, 0.6) is 17.2 Å². The molecule has 0 aliphatic rings. The number of carbonyl (C=O) groups excluding carboxylic acids is 2. The molecular formula is C26H21NO5. The molecule has 6 nitrogen and oxygen atoms in total. The highest BCUT2D eigenvalue weighted by Crippen LogP contribution is 2.33. The molecule has 6 heteroatoms. The summed E-state index contributed by atoms with van der Waals surface area (Å²) < 4.78 is 16.3. The Balaban J connectivity index is 1.75. The fourth-order valence-corrected chi connectivity index (χ4v) is 3.41. The number of benzene rings is 3. The third-order valence-corrected chi connectivity index (χ3v) is 5.09. The van der Waals surface area contributed by atoms with Crippen LogP contribution in [0.4, 0.5) is 0 Å². The average molecular weight is 427 g/mol. The van der Waals surface area contributed by atoms with E-state index in [-0.39, 0.29) is 5.78 Å². The molecule has 0 amide bonds. The summed E-state index contributed by atoms with van der Waals surface area (Å²) in [5.41, 5.74) is 2.97. The standard InChI is InChI=1S/C26H21NO5/c1-16(28)17-8-11-19(12-9-17)32-26(29)21-15-23(27-22-7-5-4-6-20(21)22)18-10-13-24(30-2)25(14-18)31-3/h4-15H,1-3H3. The number of esters is 1. The summed E-state index contributed by atoms with van der Waals surface area (Å²) in [7, 11) is 3.14. The minimum absolute atomic E-state index is 0.0532. The number of carbonyl (C=O) groups is 2. The van der Waals surface area contributed by atoms with Gasteiger partial charge in [0.05, 0.1) is 31.0 Å². The van der Waals surface area contributed by atoms with Crippen molar-refractivity contribution in [3.8, 4) is 28.5 Å². The van der Waals surface area contributed by atoms with Gasteiger partial charge in [0, 0.05) is 16.5 Å². The van der Waals surface area contributed by atoms with Gasteiger partial charge in [-0.15, -0.1) is 0 Å². The number of nitrogens with zero attached hydrogens (tertiary/aromatic N) is 1. The third-order valence-electron chi connectivity index (χ3n) is 5.09. The Morgan fingerprint density at radius 1 is 0.812 bits per heavy atom. The van der Waals surface area contributed by atoms with Gasteiger partial charge in [-0.1, -0.05) is 18.2 Å². The number of pyridine rings is 1. The van der Waals surface area contributed by atoms with Crippen molar-refractivity contribution in [3.05, 3.63) is 83.9 Å². The number of rotatable bonds is 6. The molecule has 1 heterocycles. The number of para-hydroxylation sites is 1. The monoisotopic (exact) mass is 427 g/mol. The topological polar surface area (TPSA) is 74.7 Å². The zero-order valence-corrected chi connectivity index (χ0v) is 17.9. The van der Waals surface area contributed by atoms with Gasteiger partial charge >= 0.3 is 5.97 Å². The van der Waals surface area contributed by atoms with Crippen molar-refractivity contribution in [2.24, 2.45) is 0 Å². The first-order valence-corrected chi connectivity index (χ1v) is 9.95. The first-order chi connectivity index (χ1) is 15.5. The molecule has 0 N–H and O–H groups in total. The number of ether oxygens (including phenoxy) is 3. The van der Waals surface area contributed by atoms with Gasteiger partial charge in [0.15, 0.2) is 17.3 Å². The van der Waals surface area contributed by atoms with E-state index in [9.17, 15) is 9.59 Å². The molecule has 3 aromatic carbocycles. The maximum absolute atomic E-state index is 13.1. The minimum Gasteiger partial charge on any atom is -0.493 e. The maximum atomic E-state index is 13.1. The van der Waals surface area contributed by atoms with Crippen molar-refractivity contribution >= 4 is 22.7 Å². The molecule has 0 aliphatic carbocycles. The van der Waals surface area contributed by atoms with Gasteiger partial charge in [0.25, 0.3) is 0 Å². The summed E-state index contributed by atoms with van der Waals surface area (Å²) in [4.78, 5) is 29.3. The predicted octanol–water partition coefficient (Wildman–Crippen LogP) is 5.34. The second kappa shape index (κ2) is 8.89. The van der Waals surface area contributed by atoms with Crippen LogP contribution in [-0.2, 0) is 0 Å². The van der Waals surface area contributed by atoms with Crippen LogP contribution >= 0.6 is 0 Å². The largest absolute Gasteiger partial charge is 0.493 e. The van der Waals surface area contributed by atoms with Crippen molar-refractivity contribution in [2.45, 2.75) is 6.92 Å². The summed E-state index contributed by atoms with van der Waals surface area (Å²) >= 11 is 0. The lowest BCUT2D eigenvalue weighted by Crippen LogP contribution is -2.10. The lowest BCUT2D eigenvalue weighted by molar-refractivity contribution is 0.0736. The lowest BCUT2D eigenvalue weighted by Gasteiger charge is -2.12. The normalized spacial score (nSPS) is 10.6. The highest BCUT2D eigenvalue weighted by atomic mass is 16.5. The van der Waals surface area contributed by atoms with Crippen LogP contribution in [0.3, 0.4) is 0 Å². The molecule has 0 saturated heterocycles. The number of ketones is 1. The number of hydrogen-bond donors (Lipinski definition) is 0. The maximum Gasteiger partial charge on any atom is 0.344 e. The van der Waals surface area contributed by atoms with E-state index in [1.54, 1.807) is 50.6 Å². The Morgan fingerprint density at radius 2 is 1.53 bits per heavy atom. The fourth-order valence-electron chi connectivity index (χ4n) is 3.41. The molecule has 0 fully saturated rings.